The molecule has 0 bridgehead atoms. The van der Waals surface area contributed by atoms with E-state index in [4.69, 9.17) is 4.74 Å². The number of thiophene rings is 1. The maximum Gasteiger partial charge on any atom is 0.311 e. The number of nitrogens with zero attached hydrogens (tertiary/aromatic N) is 3. The number of carbonyl (C=O) groups is 2. The van der Waals surface area contributed by atoms with Gasteiger partial charge in [-0.2, -0.15) is 0 Å². The smallest absolute Gasteiger partial charge is 0.311 e. The van der Waals surface area contributed by atoms with Crippen molar-refractivity contribution in [1.82, 2.24) is 9.80 Å². The van der Waals surface area contributed by atoms with Crippen molar-refractivity contribution in [3.63, 3.8) is 0 Å². The first-order chi connectivity index (χ1) is 13.0. The van der Waals surface area contributed by atoms with Gasteiger partial charge < -0.3 is 14.5 Å². The minimum atomic E-state index is -0.526. The van der Waals surface area contributed by atoms with Crippen molar-refractivity contribution >= 4 is 28.8 Å². The average molecular weight is 389 g/mol. The highest BCUT2D eigenvalue weighted by atomic mass is 32.1. The fourth-order valence-electron chi connectivity index (χ4n) is 2.84. The minimum absolute atomic E-state index is 0.0244. The lowest BCUT2D eigenvalue weighted by Crippen LogP contribution is -2.51. The van der Waals surface area contributed by atoms with Gasteiger partial charge in [-0.05, 0) is 30.0 Å². The van der Waals surface area contributed by atoms with Crippen LogP contribution in [0.5, 0.6) is 5.75 Å². The first-order valence-corrected chi connectivity index (χ1v) is 9.32. The van der Waals surface area contributed by atoms with Crippen molar-refractivity contribution in [1.29, 1.82) is 0 Å². The van der Waals surface area contributed by atoms with Crippen LogP contribution in [0.25, 0.3) is 0 Å². The Labute approximate surface area is 160 Å². The van der Waals surface area contributed by atoms with E-state index in [0.717, 1.165) is 5.56 Å². The molecule has 0 spiro atoms. The van der Waals surface area contributed by atoms with E-state index in [1.807, 2.05) is 11.4 Å². The molecule has 8 nitrogen and oxygen atoms in total. The van der Waals surface area contributed by atoms with Gasteiger partial charge in [-0.3, -0.25) is 19.7 Å². The molecule has 1 aromatic heterocycles. The van der Waals surface area contributed by atoms with Gasteiger partial charge in [0.05, 0.1) is 9.80 Å². The first-order valence-electron chi connectivity index (χ1n) is 8.44. The molecular formula is C18H19N3O5S. The minimum Gasteiger partial charge on any atom is -0.477 e. The third kappa shape index (κ3) is 4.43. The molecule has 1 saturated heterocycles. The summed E-state index contributed by atoms with van der Waals surface area (Å²) in [6.07, 6.45) is 0. The van der Waals surface area contributed by atoms with Crippen LogP contribution < -0.4 is 4.74 Å². The third-order valence-electron chi connectivity index (χ3n) is 4.31. The van der Waals surface area contributed by atoms with Crippen molar-refractivity contribution in [2.24, 2.45) is 0 Å². The molecule has 1 aromatic carbocycles. The highest BCUT2D eigenvalue weighted by molar-refractivity contribution is 7.12. The van der Waals surface area contributed by atoms with Crippen LogP contribution in [0.4, 0.5) is 5.69 Å². The number of hydrogen-bond donors (Lipinski definition) is 0. The number of rotatable bonds is 5. The van der Waals surface area contributed by atoms with E-state index < -0.39 is 4.92 Å². The van der Waals surface area contributed by atoms with Gasteiger partial charge in [-0.15, -0.1) is 11.3 Å². The van der Waals surface area contributed by atoms with Crippen molar-refractivity contribution in [3.8, 4) is 5.75 Å². The molecule has 1 aliphatic heterocycles. The highest BCUT2D eigenvalue weighted by Gasteiger charge is 2.26. The molecule has 142 valence electrons. The number of amides is 2. The lowest BCUT2D eigenvalue weighted by Gasteiger charge is -2.34. The lowest BCUT2D eigenvalue weighted by atomic mass is 10.2. The fraction of sp³-hybridized carbons (Fsp3) is 0.333. The maximum atomic E-state index is 12.4. The van der Waals surface area contributed by atoms with E-state index in [1.54, 1.807) is 28.9 Å². The summed E-state index contributed by atoms with van der Waals surface area (Å²) in [5.41, 5.74) is 0.584. The van der Waals surface area contributed by atoms with E-state index in [9.17, 15) is 19.7 Å². The fourth-order valence-corrected chi connectivity index (χ4v) is 3.53. The zero-order valence-corrected chi connectivity index (χ0v) is 15.6. The van der Waals surface area contributed by atoms with Gasteiger partial charge in [0, 0.05) is 32.2 Å². The van der Waals surface area contributed by atoms with Gasteiger partial charge in [0.2, 0.25) is 0 Å². The molecule has 2 amide bonds. The Hall–Kier alpha value is -2.94. The van der Waals surface area contributed by atoms with E-state index in [1.165, 1.54) is 23.5 Å². The number of piperazine rings is 1. The Morgan fingerprint density at radius 2 is 1.89 bits per heavy atom. The topological polar surface area (TPSA) is 93.0 Å². The van der Waals surface area contributed by atoms with Crippen LogP contribution in [0.2, 0.25) is 0 Å². The SMILES string of the molecule is Cc1ccc(OCC(=O)N2CCN(C(=O)c3cccs3)CC2)c([N+](=O)[O-])c1. The Morgan fingerprint density at radius 3 is 2.52 bits per heavy atom. The summed E-state index contributed by atoms with van der Waals surface area (Å²) in [4.78, 5) is 39.3. The van der Waals surface area contributed by atoms with Crippen LogP contribution in [0, 0.1) is 17.0 Å². The van der Waals surface area contributed by atoms with Gasteiger partial charge in [0.1, 0.15) is 0 Å². The van der Waals surface area contributed by atoms with Crippen LogP contribution >= 0.6 is 11.3 Å². The molecule has 0 radical (unpaired) electrons. The van der Waals surface area contributed by atoms with Gasteiger partial charge in [-0.1, -0.05) is 12.1 Å². The van der Waals surface area contributed by atoms with Gasteiger partial charge in [-0.25, -0.2) is 0 Å². The van der Waals surface area contributed by atoms with Crippen LogP contribution in [-0.2, 0) is 4.79 Å². The molecule has 1 fully saturated rings. The molecule has 2 aromatic rings. The van der Waals surface area contributed by atoms with Gasteiger partial charge in [0.15, 0.2) is 12.4 Å². The van der Waals surface area contributed by atoms with Crippen molar-refractivity contribution in [2.45, 2.75) is 6.92 Å². The number of benzene rings is 1. The summed E-state index contributed by atoms with van der Waals surface area (Å²) in [5.74, 6) is -0.206. The number of aryl methyl sites for hydroxylation is 1. The molecule has 27 heavy (non-hydrogen) atoms. The van der Waals surface area contributed by atoms with E-state index in [2.05, 4.69) is 0 Å². The Morgan fingerprint density at radius 1 is 1.19 bits per heavy atom. The Kier molecular flexibility index (Phi) is 5.70. The molecule has 0 unspecified atom stereocenters. The molecular weight excluding hydrogens is 370 g/mol. The van der Waals surface area contributed by atoms with Crippen LogP contribution in [0.3, 0.4) is 0 Å². The van der Waals surface area contributed by atoms with Gasteiger partial charge in [0.25, 0.3) is 11.8 Å². The standard InChI is InChI=1S/C18H19N3O5S/c1-13-4-5-15(14(11-13)21(24)25)26-12-17(22)19-6-8-20(9-7-19)18(23)16-3-2-10-27-16/h2-5,10-11H,6-9,12H2,1H3. The normalized spacial score (nSPS) is 14.1. The predicted octanol–water partition coefficient (Wildman–Crippen LogP) is 2.33. The first kappa shape index (κ1) is 18.8. The Bertz CT molecular complexity index is 845. The zero-order chi connectivity index (χ0) is 19.4. The number of carbonyl (C=O) groups excluding carboxylic acids is 2. The second-order valence-electron chi connectivity index (χ2n) is 6.17. The number of nitro groups is 1. The summed E-state index contributed by atoms with van der Waals surface area (Å²) in [7, 11) is 0. The summed E-state index contributed by atoms with van der Waals surface area (Å²) in [6.45, 7) is 3.20. The number of hydrogen-bond acceptors (Lipinski definition) is 6. The second kappa shape index (κ2) is 8.17. The maximum absolute atomic E-state index is 12.4. The highest BCUT2D eigenvalue weighted by Crippen LogP contribution is 2.27. The van der Waals surface area contributed by atoms with E-state index >= 15 is 0 Å². The number of nitro benzene ring substituents is 1. The predicted molar refractivity (Wildman–Crippen MR) is 100 cm³/mol. The van der Waals surface area contributed by atoms with Crippen molar-refractivity contribution < 1.29 is 19.2 Å². The monoisotopic (exact) mass is 389 g/mol. The zero-order valence-electron chi connectivity index (χ0n) is 14.8. The molecule has 9 heteroatoms. The molecule has 3 rings (SSSR count). The summed E-state index contributed by atoms with van der Waals surface area (Å²) in [6, 6.07) is 8.22. The molecule has 0 saturated carbocycles. The Balaban J connectivity index is 1.53. The quantitative estimate of drug-likeness (QED) is 0.578. The van der Waals surface area contributed by atoms with E-state index in [0.29, 0.717) is 31.1 Å². The summed E-state index contributed by atoms with van der Waals surface area (Å²) < 4.78 is 5.39. The lowest BCUT2D eigenvalue weighted by molar-refractivity contribution is -0.385. The van der Waals surface area contributed by atoms with E-state index in [-0.39, 0.29) is 29.9 Å². The second-order valence-corrected chi connectivity index (χ2v) is 7.11. The molecule has 2 heterocycles. The van der Waals surface area contributed by atoms with Crippen molar-refractivity contribution in [3.05, 3.63) is 56.3 Å². The largest absolute Gasteiger partial charge is 0.477 e. The van der Waals surface area contributed by atoms with Crippen LogP contribution in [-0.4, -0.2) is 59.3 Å². The molecule has 0 atom stereocenters. The van der Waals surface area contributed by atoms with Gasteiger partial charge >= 0.3 is 5.69 Å². The summed E-state index contributed by atoms with van der Waals surface area (Å²) >= 11 is 1.40. The summed E-state index contributed by atoms with van der Waals surface area (Å²) in [5, 5.41) is 13.0. The van der Waals surface area contributed by atoms with Crippen LogP contribution in [0.15, 0.2) is 35.7 Å². The molecule has 0 N–H and O–H groups in total. The average Bonchev–Trinajstić information content (AvgIpc) is 3.21. The molecule has 1 aliphatic rings. The van der Waals surface area contributed by atoms with Crippen LogP contribution in [0.1, 0.15) is 15.2 Å². The number of ether oxygens (including phenoxy) is 1. The van der Waals surface area contributed by atoms with Crippen molar-refractivity contribution in [2.75, 3.05) is 32.8 Å². The third-order valence-corrected chi connectivity index (χ3v) is 5.17. The molecule has 0 aliphatic carbocycles.